The van der Waals surface area contributed by atoms with Crippen LogP contribution in [0.5, 0.6) is 5.75 Å². The number of halogens is 1. The van der Waals surface area contributed by atoms with E-state index in [2.05, 4.69) is 12.2 Å². The summed E-state index contributed by atoms with van der Waals surface area (Å²) < 4.78 is 18.4. The molecule has 0 spiro atoms. The molecule has 0 heterocycles. The number of hydrogen-bond acceptors (Lipinski definition) is 2. The third kappa shape index (κ3) is 2.90. The molecule has 3 heteroatoms. The molecular formula is C14H20FNO. The number of hydrogen-bond donors (Lipinski definition) is 1. The van der Waals surface area contributed by atoms with Crippen molar-refractivity contribution >= 4 is 5.69 Å². The first kappa shape index (κ1) is 12.2. The van der Waals surface area contributed by atoms with E-state index in [1.165, 1.54) is 38.9 Å². The van der Waals surface area contributed by atoms with Crippen molar-refractivity contribution in [2.45, 2.75) is 38.6 Å². The van der Waals surface area contributed by atoms with Gasteiger partial charge in [0.1, 0.15) is 0 Å². The standard InChI is InChI=1S/C14H20FNO/c1-10-5-3-4-6-13(10)16-11-7-8-14(17-2)12(15)9-11/h7-10,13,16H,3-6H2,1-2H3. The molecule has 0 saturated heterocycles. The van der Waals surface area contributed by atoms with Crippen molar-refractivity contribution in [2.75, 3.05) is 12.4 Å². The molecule has 1 aromatic carbocycles. The third-order valence-electron chi connectivity index (χ3n) is 3.62. The second-order valence-corrected chi connectivity index (χ2v) is 4.86. The molecule has 0 amide bonds. The number of anilines is 1. The summed E-state index contributed by atoms with van der Waals surface area (Å²) in [6.07, 6.45) is 5.02. The molecule has 2 nitrogen and oxygen atoms in total. The summed E-state index contributed by atoms with van der Waals surface area (Å²) in [6, 6.07) is 5.53. The summed E-state index contributed by atoms with van der Waals surface area (Å²) in [7, 11) is 1.48. The Morgan fingerprint density at radius 2 is 2.06 bits per heavy atom. The van der Waals surface area contributed by atoms with E-state index in [9.17, 15) is 4.39 Å². The zero-order chi connectivity index (χ0) is 12.3. The number of rotatable bonds is 3. The molecule has 1 saturated carbocycles. The summed E-state index contributed by atoms with van der Waals surface area (Å²) >= 11 is 0. The van der Waals surface area contributed by atoms with Gasteiger partial charge in [-0.2, -0.15) is 0 Å². The van der Waals surface area contributed by atoms with Crippen molar-refractivity contribution in [1.82, 2.24) is 0 Å². The van der Waals surface area contributed by atoms with Crippen molar-refractivity contribution in [3.05, 3.63) is 24.0 Å². The summed E-state index contributed by atoms with van der Waals surface area (Å²) in [5.74, 6) is 0.655. The van der Waals surface area contributed by atoms with Crippen molar-refractivity contribution in [3.63, 3.8) is 0 Å². The molecule has 1 aliphatic rings. The molecule has 17 heavy (non-hydrogen) atoms. The largest absolute Gasteiger partial charge is 0.494 e. The fourth-order valence-electron chi connectivity index (χ4n) is 2.50. The monoisotopic (exact) mass is 237 g/mol. The van der Waals surface area contributed by atoms with Gasteiger partial charge in [-0.25, -0.2) is 4.39 Å². The molecule has 94 valence electrons. The van der Waals surface area contributed by atoms with Gasteiger partial charge in [-0.15, -0.1) is 0 Å². The van der Waals surface area contributed by atoms with Crippen molar-refractivity contribution in [1.29, 1.82) is 0 Å². The quantitative estimate of drug-likeness (QED) is 0.862. The van der Waals surface area contributed by atoms with Crippen LogP contribution >= 0.6 is 0 Å². The highest BCUT2D eigenvalue weighted by Crippen LogP contribution is 2.28. The summed E-state index contributed by atoms with van der Waals surface area (Å²) in [6.45, 7) is 2.26. The van der Waals surface area contributed by atoms with E-state index in [1.807, 2.05) is 6.07 Å². The van der Waals surface area contributed by atoms with Gasteiger partial charge in [0.05, 0.1) is 7.11 Å². The molecular weight excluding hydrogens is 217 g/mol. The Kier molecular flexibility index (Phi) is 3.87. The molecule has 2 rings (SSSR count). The first-order valence-corrected chi connectivity index (χ1v) is 6.31. The molecule has 0 aromatic heterocycles. The van der Waals surface area contributed by atoms with Gasteiger partial charge in [-0.1, -0.05) is 19.8 Å². The second-order valence-electron chi connectivity index (χ2n) is 4.86. The van der Waals surface area contributed by atoms with Crippen LogP contribution in [0.2, 0.25) is 0 Å². The Morgan fingerprint density at radius 1 is 1.29 bits per heavy atom. The average Bonchev–Trinajstić information content (AvgIpc) is 2.32. The highest BCUT2D eigenvalue weighted by molar-refractivity contribution is 5.48. The fourth-order valence-corrected chi connectivity index (χ4v) is 2.50. The third-order valence-corrected chi connectivity index (χ3v) is 3.62. The van der Waals surface area contributed by atoms with Gasteiger partial charge in [0.2, 0.25) is 0 Å². The van der Waals surface area contributed by atoms with Gasteiger partial charge >= 0.3 is 0 Å². The maximum Gasteiger partial charge on any atom is 0.167 e. The number of ether oxygens (including phenoxy) is 1. The van der Waals surface area contributed by atoms with Gasteiger partial charge in [0.15, 0.2) is 11.6 Å². The molecule has 1 aromatic rings. The van der Waals surface area contributed by atoms with Crippen LogP contribution in [-0.2, 0) is 0 Å². The van der Waals surface area contributed by atoms with Crippen LogP contribution in [0.25, 0.3) is 0 Å². The van der Waals surface area contributed by atoms with Crippen molar-refractivity contribution in [2.24, 2.45) is 5.92 Å². The maximum atomic E-state index is 13.5. The van der Waals surface area contributed by atoms with Crippen molar-refractivity contribution < 1.29 is 9.13 Å². The molecule has 0 aliphatic heterocycles. The van der Waals surface area contributed by atoms with E-state index in [4.69, 9.17) is 4.74 Å². The summed E-state index contributed by atoms with van der Waals surface area (Å²) in [4.78, 5) is 0. The second kappa shape index (κ2) is 5.39. The Balaban J connectivity index is 2.05. The Morgan fingerprint density at radius 3 is 2.71 bits per heavy atom. The number of nitrogens with one attached hydrogen (secondary N) is 1. The molecule has 2 unspecified atom stereocenters. The zero-order valence-electron chi connectivity index (χ0n) is 10.5. The van der Waals surface area contributed by atoms with Crippen LogP contribution in [0.1, 0.15) is 32.6 Å². The molecule has 0 bridgehead atoms. The first-order valence-electron chi connectivity index (χ1n) is 6.31. The van der Waals surface area contributed by atoms with E-state index < -0.39 is 0 Å². The van der Waals surface area contributed by atoms with Crippen LogP contribution in [0, 0.1) is 11.7 Å². The van der Waals surface area contributed by atoms with Crippen LogP contribution < -0.4 is 10.1 Å². The topological polar surface area (TPSA) is 21.3 Å². The minimum absolute atomic E-state index is 0.298. The number of benzene rings is 1. The highest BCUT2D eigenvalue weighted by atomic mass is 19.1. The highest BCUT2D eigenvalue weighted by Gasteiger charge is 2.21. The molecule has 2 atom stereocenters. The van der Waals surface area contributed by atoms with Crippen LogP contribution in [0.15, 0.2) is 18.2 Å². The first-order chi connectivity index (χ1) is 8.20. The summed E-state index contributed by atoms with van der Waals surface area (Å²) in [5, 5.41) is 3.43. The normalized spacial score (nSPS) is 24.4. The van der Waals surface area contributed by atoms with Crippen LogP contribution in [-0.4, -0.2) is 13.2 Å². The van der Waals surface area contributed by atoms with Crippen LogP contribution in [0.4, 0.5) is 10.1 Å². The van der Waals surface area contributed by atoms with Gasteiger partial charge < -0.3 is 10.1 Å². The zero-order valence-corrected chi connectivity index (χ0v) is 10.5. The minimum atomic E-state index is -0.305. The van der Waals surface area contributed by atoms with Gasteiger partial charge in [-0.3, -0.25) is 0 Å². The van der Waals surface area contributed by atoms with E-state index in [-0.39, 0.29) is 5.82 Å². The lowest BCUT2D eigenvalue weighted by molar-refractivity contribution is 0.349. The minimum Gasteiger partial charge on any atom is -0.494 e. The van der Waals surface area contributed by atoms with E-state index in [1.54, 1.807) is 6.07 Å². The molecule has 1 aliphatic carbocycles. The predicted molar refractivity (Wildman–Crippen MR) is 68.0 cm³/mol. The Bertz CT molecular complexity index is 380. The lowest BCUT2D eigenvalue weighted by Crippen LogP contribution is -2.30. The fraction of sp³-hybridized carbons (Fsp3) is 0.571. The van der Waals surface area contributed by atoms with Gasteiger partial charge in [-0.05, 0) is 30.9 Å². The van der Waals surface area contributed by atoms with Gasteiger partial charge in [0.25, 0.3) is 0 Å². The summed E-state index contributed by atoms with van der Waals surface area (Å²) in [5.41, 5.74) is 0.849. The smallest absolute Gasteiger partial charge is 0.167 e. The van der Waals surface area contributed by atoms with Crippen LogP contribution in [0.3, 0.4) is 0 Å². The number of methoxy groups -OCH3 is 1. The lowest BCUT2D eigenvalue weighted by Gasteiger charge is -2.30. The molecule has 0 radical (unpaired) electrons. The SMILES string of the molecule is COc1ccc(NC2CCCCC2C)cc1F. The average molecular weight is 237 g/mol. The van der Waals surface area contributed by atoms with E-state index >= 15 is 0 Å². The molecule has 1 fully saturated rings. The van der Waals surface area contributed by atoms with Crippen molar-refractivity contribution in [3.8, 4) is 5.75 Å². The Labute approximate surface area is 102 Å². The van der Waals surface area contributed by atoms with E-state index in [0.29, 0.717) is 17.7 Å². The van der Waals surface area contributed by atoms with Gasteiger partial charge in [0, 0.05) is 17.8 Å². The molecule has 1 N–H and O–H groups in total. The lowest BCUT2D eigenvalue weighted by atomic mass is 9.86. The Hall–Kier alpha value is -1.25. The van der Waals surface area contributed by atoms with E-state index in [0.717, 1.165) is 5.69 Å². The predicted octanol–water partition coefficient (Wildman–Crippen LogP) is 3.82. The maximum absolute atomic E-state index is 13.5.